The van der Waals surface area contributed by atoms with Gasteiger partial charge in [-0.05, 0) is 24.4 Å². The van der Waals surface area contributed by atoms with Crippen molar-refractivity contribution in [1.82, 2.24) is 4.90 Å². The van der Waals surface area contributed by atoms with Crippen LogP contribution in [0.3, 0.4) is 0 Å². The molecule has 0 unspecified atom stereocenters. The summed E-state index contributed by atoms with van der Waals surface area (Å²) in [5, 5.41) is 8.59. The molecule has 1 aliphatic heterocycles. The average molecular weight is 186 g/mol. The fraction of sp³-hybridized carbons (Fsp3) is 0.417. The van der Waals surface area contributed by atoms with E-state index in [0.717, 1.165) is 13.1 Å². The lowest BCUT2D eigenvalue weighted by Crippen LogP contribution is -2.20. The summed E-state index contributed by atoms with van der Waals surface area (Å²) in [5.41, 5.74) is 1.41. The van der Waals surface area contributed by atoms with Crippen molar-refractivity contribution < 1.29 is 0 Å². The molecule has 1 aliphatic rings. The first-order chi connectivity index (χ1) is 6.90. The minimum Gasteiger partial charge on any atom is -0.290 e. The van der Waals surface area contributed by atoms with E-state index in [4.69, 9.17) is 5.26 Å². The largest absolute Gasteiger partial charge is 0.290 e. The monoisotopic (exact) mass is 186 g/mol. The molecule has 1 atom stereocenters. The van der Waals surface area contributed by atoms with Crippen molar-refractivity contribution in [2.75, 3.05) is 19.6 Å². The van der Waals surface area contributed by atoms with Crippen LogP contribution in [-0.2, 0) is 0 Å². The predicted octanol–water partition coefficient (Wildman–Crippen LogP) is 2.00. The molecule has 2 heteroatoms. The fourth-order valence-corrected chi connectivity index (χ4v) is 2.07. The quantitative estimate of drug-likeness (QED) is 0.660. The lowest BCUT2D eigenvalue weighted by atomic mass is 9.99. The molecule has 1 aromatic carbocycles. The maximum Gasteiger partial charge on any atom is 0.0866 e. The third kappa shape index (κ3) is 1.94. The van der Waals surface area contributed by atoms with Crippen molar-refractivity contribution >= 4 is 0 Å². The third-order valence-corrected chi connectivity index (χ3v) is 2.84. The SMILES string of the molecule is N#CCN1CC[C@H](c2ccccc2)C1. The maximum atomic E-state index is 8.59. The molecule has 0 radical (unpaired) electrons. The van der Waals surface area contributed by atoms with Gasteiger partial charge in [0.2, 0.25) is 0 Å². The second-order valence-corrected chi connectivity index (χ2v) is 3.79. The van der Waals surface area contributed by atoms with Gasteiger partial charge in [-0.15, -0.1) is 0 Å². The van der Waals surface area contributed by atoms with Crippen LogP contribution in [0.15, 0.2) is 30.3 Å². The minimum absolute atomic E-state index is 0.573. The fourth-order valence-electron chi connectivity index (χ4n) is 2.07. The summed E-state index contributed by atoms with van der Waals surface area (Å²) in [6.07, 6.45) is 1.19. The van der Waals surface area contributed by atoms with Gasteiger partial charge in [-0.3, -0.25) is 4.90 Å². The Kier molecular flexibility index (Phi) is 2.81. The number of likely N-dealkylation sites (tertiary alicyclic amines) is 1. The van der Waals surface area contributed by atoms with Crippen LogP contribution in [-0.4, -0.2) is 24.5 Å². The highest BCUT2D eigenvalue weighted by atomic mass is 15.1. The van der Waals surface area contributed by atoms with Gasteiger partial charge in [0.25, 0.3) is 0 Å². The van der Waals surface area contributed by atoms with Gasteiger partial charge in [-0.2, -0.15) is 5.26 Å². The molecule has 0 amide bonds. The molecule has 0 spiro atoms. The molecule has 1 aromatic rings. The van der Waals surface area contributed by atoms with Gasteiger partial charge in [-0.1, -0.05) is 30.3 Å². The van der Waals surface area contributed by atoms with Crippen molar-refractivity contribution in [1.29, 1.82) is 5.26 Å². The van der Waals surface area contributed by atoms with Gasteiger partial charge in [0.1, 0.15) is 0 Å². The Hall–Kier alpha value is -1.33. The Morgan fingerprint density at radius 1 is 1.36 bits per heavy atom. The van der Waals surface area contributed by atoms with E-state index >= 15 is 0 Å². The Morgan fingerprint density at radius 2 is 2.14 bits per heavy atom. The Morgan fingerprint density at radius 3 is 2.86 bits per heavy atom. The standard InChI is InChI=1S/C12H14N2/c13-7-9-14-8-6-12(10-14)11-4-2-1-3-5-11/h1-5,12H,6,8-10H2/t12-/m0/s1. The maximum absolute atomic E-state index is 8.59. The second-order valence-electron chi connectivity index (χ2n) is 3.79. The zero-order valence-corrected chi connectivity index (χ0v) is 8.19. The normalized spacial score (nSPS) is 22.1. The van der Waals surface area contributed by atoms with E-state index in [0.29, 0.717) is 12.5 Å². The van der Waals surface area contributed by atoms with Crippen LogP contribution in [0.2, 0.25) is 0 Å². The van der Waals surface area contributed by atoms with Crippen LogP contribution in [0.5, 0.6) is 0 Å². The summed E-state index contributed by atoms with van der Waals surface area (Å²) in [7, 11) is 0. The van der Waals surface area contributed by atoms with Crippen molar-refractivity contribution in [3.8, 4) is 6.07 Å². The van der Waals surface area contributed by atoms with E-state index in [-0.39, 0.29) is 0 Å². The van der Waals surface area contributed by atoms with Crippen LogP contribution in [0.25, 0.3) is 0 Å². The molecule has 0 N–H and O–H groups in total. The lowest BCUT2D eigenvalue weighted by molar-refractivity contribution is 0.376. The zero-order chi connectivity index (χ0) is 9.80. The third-order valence-electron chi connectivity index (χ3n) is 2.84. The Labute approximate surface area is 84.8 Å². The van der Waals surface area contributed by atoms with Gasteiger partial charge in [0.05, 0.1) is 12.6 Å². The Bertz CT molecular complexity index is 326. The average Bonchev–Trinajstić information content (AvgIpc) is 2.68. The molecule has 72 valence electrons. The molecule has 0 saturated carbocycles. The van der Waals surface area contributed by atoms with E-state index < -0.39 is 0 Å². The highest BCUT2D eigenvalue weighted by Gasteiger charge is 2.22. The smallest absolute Gasteiger partial charge is 0.0866 e. The first kappa shape index (κ1) is 9.23. The number of hydrogen-bond acceptors (Lipinski definition) is 2. The van der Waals surface area contributed by atoms with E-state index in [1.165, 1.54) is 12.0 Å². The van der Waals surface area contributed by atoms with Gasteiger partial charge < -0.3 is 0 Å². The highest BCUT2D eigenvalue weighted by molar-refractivity contribution is 5.21. The molecule has 2 rings (SSSR count). The predicted molar refractivity (Wildman–Crippen MR) is 55.9 cm³/mol. The minimum atomic E-state index is 0.573. The van der Waals surface area contributed by atoms with Gasteiger partial charge >= 0.3 is 0 Å². The van der Waals surface area contributed by atoms with Crippen LogP contribution in [0.1, 0.15) is 17.9 Å². The number of hydrogen-bond donors (Lipinski definition) is 0. The van der Waals surface area contributed by atoms with Crippen LogP contribution in [0.4, 0.5) is 0 Å². The molecule has 1 heterocycles. The molecule has 14 heavy (non-hydrogen) atoms. The van der Waals surface area contributed by atoms with Gasteiger partial charge in [-0.25, -0.2) is 0 Å². The number of benzene rings is 1. The number of nitriles is 1. The molecular weight excluding hydrogens is 172 g/mol. The summed E-state index contributed by atoms with van der Waals surface area (Å²) in [4.78, 5) is 2.22. The van der Waals surface area contributed by atoms with E-state index in [1.54, 1.807) is 0 Å². The van der Waals surface area contributed by atoms with Crippen LogP contribution in [0, 0.1) is 11.3 Å². The van der Waals surface area contributed by atoms with Crippen LogP contribution < -0.4 is 0 Å². The van der Waals surface area contributed by atoms with E-state index in [1.807, 2.05) is 6.07 Å². The van der Waals surface area contributed by atoms with E-state index in [9.17, 15) is 0 Å². The van der Waals surface area contributed by atoms with Crippen molar-refractivity contribution in [2.24, 2.45) is 0 Å². The van der Waals surface area contributed by atoms with Crippen molar-refractivity contribution in [3.63, 3.8) is 0 Å². The molecule has 0 bridgehead atoms. The zero-order valence-electron chi connectivity index (χ0n) is 8.19. The molecule has 0 aromatic heterocycles. The summed E-state index contributed by atoms with van der Waals surface area (Å²) < 4.78 is 0. The van der Waals surface area contributed by atoms with Gasteiger partial charge in [0, 0.05) is 6.54 Å². The first-order valence-electron chi connectivity index (χ1n) is 5.04. The number of rotatable bonds is 2. The summed E-state index contributed by atoms with van der Waals surface area (Å²) in [5.74, 6) is 0.629. The number of nitrogens with zero attached hydrogens (tertiary/aromatic N) is 2. The van der Waals surface area contributed by atoms with Crippen LogP contribution >= 0.6 is 0 Å². The first-order valence-corrected chi connectivity index (χ1v) is 5.04. The summed E-state index contributed by atoms with van der Waals surface area (Å²) >= 11 is 0. The topological polar surface area (TPSA) is 27.0 Å². The highest BCUT2D eigenvalue weighted by Crippen LogP contribution is 2.26. The lowest BCUT2D eigenvalue weighted by Gasteiger charge is -2.11. The molecular formula is C12H14N2. The molecule has 2 nitrogen and oxygen atoms in total. The van der Waals surface area contributed by atoms with Crippen molar-refractivity contribution in [3.05, 3.63) is 35.9 Å². The summed E-state index contributed by atoms with van der Waals surface area (Å²) in [6, 6.07) is 12.8. The molecule has 1 saturated heterocycles. The van der Waals surface area contributed by atoms with Gasteiger partial charge in [0.15, 0.2) is 0 Å². The van der Waals surface area contributed by atoms with E-state index in [2.05, 4.69) is 35.2 Å². The molecule has 1 fully saturated rings. The summed E-state index contributed by atoms with van der Waals surface area (Å²) in [6.45, 7) is 2.67. The van der Waals surface area contributed by atoms with Crippen molar-refractivity contribution in [2.45, 2.75) is 12.3 Å². The second kappa shape index (κ2) is 4.26. The Balaban J connectivity index is 2.00. The molecule has 0 aliphatic carbocycles.